The molecule has 0 aliphatic rings. The molecule has 0 bridgehead atoms. The van der Waals surface area contributed by atoms with E-state index in [-0.39, 0.29) is 18.3 Å². The number of ether oxygens (including phenoxy) is 2. The second-order valence-corrected chi connectivity index (χ2v) is 2.72. The molecule has 0 aromatic heterocycles. The van der Waals surface area contributed by atoms with Gasteiger partial charge in [-0.1, -0.05) is 6.07 Å². The van der Waals surface area contributed by atoms with Crippen molar-refractivity contribution in [3.05, 3.63) is 29.8 Å². The van der Waals surface area contributed by atoms with Crippen molar-refractivity contribution in [2.24, 2.45) is 0 Å². The van der Waals surface area contributed by atoms with Crippen LogP contribution in [0.4, 0.5) is 0 Å². The number of hydrogen-bond donors (Lipinski definition) is 1. The lowest BCUT2D eigenvalue weighted by Gasteiger charge is -2.07. The van der Waals surface area contributed by atoms with E-state index in [9.17, 15) is 0 Å². The fourth-order valence-corrected chi connectivity index (χ4v) is 1.12. The summed E-state index contributed by atoms with van der Waals surface area (Å²) in [6.45, 7) is 4.94. The molecule has 1 aromatic rings. The Balaban J connectivity index is 0.00000196. The van der Waals surface area contributed by atoms with Gasteiger partial charge in [0.15, 0.2) is 0 Å². The highest BCUT2D eigenvalue weighted by Gasteiger charge is 2.02. The largest absolute Gasteiger partial charge is 0.494 e. The van der Waals surface area contributed by atoms with Crippen molar-refractivity contribution in [2.75, 3.05) is 13.2 Å². The van der Waals surface area contributed by atoms with E-state index in [1.54, 1.807) is 0 Å². The monoisotopic (exact) mass is 229 g/mol. The Hall–Kier alpha value is -1.22. The molecule has 1 rings (SSSR count). The van der Waals surface area contributed by atoms with Gasteiger partial charge in [0.05, 0.1) is 13.2 Å². The van der Waals surface area contributed by atoms with Crippen LogP contribution < -0.4 is 4.74 Å². The molecule has 0 amide bonds. The summed E-state index contributed by atoms with van der Waals surface area (Å²) in [7, 11) is 0. The quantitative estimate of drug-likeness (QED) is 0.637. The van der Waals surface area contributed by atoms with Gasteiger partial charge in [-0.05, 0) is 32.0 Å². The SMILES string of the molecule is CCOC(=N)c1cccc(OCC)c1.Cl. The summed E-state index contributed by atoms with van der Waals surface area (Å²) in [5, 5.41) is 7.58. The molecule has 0 unspecified atom stereocenters. The first-order valence-electron chi connectivity index (χ1n) is 4.72. The molecule has 0 aliphatic carbocycles. The average Bonchev–Trinajstić information content (AvgIpc) is 2.19. The van der Waals surface area contributed by atoms with Gasteiger partial charge in [-0.15, -0.1) is 12.4 Å². The minimum Gasteiger partial charge on any atom is -0.494 e. The van der Waals surface area contributed by atoms with E-state index >= 15 is 0 Å². The van der Waals surface area contributed by atoms with Crippen LogP contribution in [0.15, 0.2) is 24.3 Å². The number of benzene rings is 1. The standard InChI is InChI=1S/C11H15NO2.ClH/c1-3-13-10-7-5-6-9(8-10)11(12)14-4-2;/h5-8,12H,3-4H2,1-2H3;1H. The Morgan fingerprint density at radius 2 is 2.00 bits per heavy atom. The van der Waals surface area contributed by atoms with E-state index in [4.69, 9.17) is 14.9 Å². The summed E-state index contributed by atoms with van der Waals surface area (Å²) in [5.41, 5.74) is 0.748. The minimum atomic E-state index is 0. The Labute approximate surface area is 96.3 Å². The molecule has 0 spiro atoms. The van der Waals surface area contributed by atoms with Gasteiger partial charge in [0.2, 0.25) is 5.90 Å². The zero-order chi connectivity index (χ0) is 10.4. The molecule has 0 saturated carbocycles. The van der Waals surface area contributed by atoms with Crippen LogP contribution in [0.3, 0.4) is 0 Å². The summed E-state index contributed by atoms with van der Waals surface area (Å²) < 4.78 is 10.4. The second kappa shape index (κ2) is 7.12. The number of nitrogens with one attached hydrogen (secondary N) is 1. The molecule has 0 fully saturated rings. The van der Waals surface area contributed by atoms with Crippen molar-refractivity contribution in [3.8, 4) is 5.75 Å². The first-order valence-corrected chi connectivity index (χ1v) is 4.72. The smallest absolute Gasteiger partial charge is 0.213 e. The molecule has 84 valence electrons. The van der Waals surface area contributed by atoms with Gasteiger partial charge in [0.1, 0.15) is 5.75 Å². The molecular weight excluding hydrogens is 214 g/mol. The van der Waals surface area contributed by atoms with Crippen molar-refractivity contribution in [1.82, 2.24) is 0 Å². The van der Waals surface area contributed by atoms with Crippen LogP contribution in [0.25, 0.3) is 0 Å². The van der Waals surface area contributed by atoms with Gasteiger partial charge in [-0.2, -0.15) is 0 Å². The number of rotatable bonds is 4. The molecule has 15 heavy (non-hydrogen) atoms. The van der Waals surface area contributed by atoms with Gasteiger partial charge in [-0.25, -0.2) is 0 Å². The van der Waals surface area contributed by atoms with Gasteiger partial charge in [0.25, 0.3) is 0 Å². The van der Waals surface area contributed by atoms with E-state index in [0.717, 1.165) is 11.3 Å². The summed E-state index contributed by atoms with van der Waals surface area (Å²) >= 11 is 0. The van der Waals surface area contributed by atoms with Crippen molar-refractivity contribution in [1.29, 1.82) is 5.41 Å². The van der Waals surface area contributed by atoms with Gasteiger partial charge in [-0.3, -0.25) is 5.41 Å². The van der Waals surface area contributed by atoms with Crippen LogP contribution in [0.2, 0.25) is 0 Å². The fraction of sp³-hybridized carbons (Fsp3) is 0.364. The van der Waals surface area contributed by atoms with Crippen molar-refractivity contribution in [3.63, 3.8) is 0 Å². The van der Waals surface area contributed by atoms with E-state index in [1.165, 1.54) is 0 Å². The van der Waals surface area contributed by atoms with Gasteiger partial charge in [0, 0.05) is 5.56 Å². The normalized spacial score (nSPS) is 8.93. The molecule has 4 heteroatoms. The zero-order valence-electron chi connectivity index (χ0n) is 8.95. The lowest BCUT2D eigenvalue weighted by Crippen LogP contribution is -2.04. The maximum Gasteiger partial charge on any atom is 0.213 e. The minimum absolute atomic E-state index is 0. The van der Waals surface area contributed by atoms with Crippen LogP contribution in [0, 0.1) is 5.41 Å². The predicted molar refractivity (Wildman–Crippen MR) is 63.3 cm³/mol. The third kappa shape index (κ3) is 4.21. The highest BCUT2D eigenvalue weighted by Crippen LogP contribution is 2.13. The highest BCUT2D eigenvalue weighted by atomic mass is 35.5. The van der Waals surface area contributed by atoms with Gasteiger partial charge >= 0.3 is 0 Å². The highest BCUT2D eigenvalue weighted by molar-refractivity contribution is 5.91. The van der Waals surface area contributed by atoms with Crippen LogP contribution in [-0.2, 0) is 4.74 Å². The molecule has 1 N–H and O–H groups in total. The number of halogens is 1. The first kappa shape index (κ1) is 13.8. The molecule has 0 radical (unpaired) electrons. The zero-order valence-corrected chi connectivity index (χ0v) is 9.76. The molecule has 0 saturated heterocycles. The van der Waals surface area contributed by atoms with Crippen molar-refractivity contribution >= 4 is 18.3 Å². The lowest BCUT2D eigenvalue weighted by atomic mass is 10.2. The first-order chi connectivity index (χ1) is 6.77. The van der Waals surface area contributed by atoms with Crippen LogP contribution in [0.5, 0.6) is 5.75 Å². The Bertz CT molecular complexity index is 315. The van der Waals surface area contributed by atoms with Crippen LogP contribution >= 0.6 is 12.4 Å². The maximum atomic E-state index is 7.58. The van der Waals surface area contributed by atoms with Gasteiger partial charge < -0.3 is 9.47 Å². The number of hydrogen-bond acceptors (Lipinski definition) is 3. The fourth-order valence-electron chi connectivity index (χ4n) is 1.12. The molecule has 0 atom stereocenters. The predicted octanol–water partition coefficient (Wildman–Crippen LogP) is 2.87. The Kier molecular flexibility index (Phi) is 6.54. The van der Waals surface area contributed by atoms with E-state index < -0.39 is 0 Å². The average molecular weight is 230 g/mol. The van der Waals surface area contributed by atoms with E-state index in [1.807, 2.05) is 38.1 Å². The molecule has 3 nitrogen and oxygen atoms in total. The Morgan fingerprint density at radius 3 is 2.60 bits per heavy atom. The topological polar surface area (TPSA) is 42.3 Å². The summed E-state index contributed by atoms with van der Waals surface area (Å²) in [6.07, 6.45) is 0. The van der Waals surface area contributed by atoms with Crippen molar-refractivity contribution in [2.45, 2.75) is 13.8 Å². The van der Waals surface area contributed by atoms with E-state index in [2.05, 4.69) is 0 Å². The molecule has 1 aromatic carbocycles. The second-order valence-electron chi connectivity index (χ2n) is 2.72. The molecule has 0 aliphatic heterocycles. The Morgan fingerprint density at radius 1 is 1.27 bits per heavy atom. The molecular formula is C11H16ClNO2. The van der Waals surface area contributed by atoms with E-state index in [0.29, 0.717) is 13.2 Å². The summed E-state index contributed by atoms with van der Waals surface area (Å²) in [6, 6.07) is 7.36. The maximum absolute atomic E-state index is 7.58. The summed E-state index contributed by atoms with van der Waals surface area (Å²) in [5.74, 6) is 0.962. The van der Waals surface area contributed by atoms with Crippen LogP contribution in [0.1, 0.15) is 19.4 Å². The lowest BCUT2D eigenvalue weighted by molar-refractivity contribution is 0.324. The van der Waals surface area contributed by atoms with Crippen molar-refractivity contribution < 1.29 is 9.47 Å². The third-order valence-electron chi connectivity index (χ3n) is 1.70. The third-order valence-corrected chi connectivity index (χ3v) is 1.70. The summed E-state index contributed by atoms with van der Waals surface area (Å²) in [4.78, 5) is 0. The van der Waals surface area contributed by atoms with Crippen LogP contribution in [-0.4, -0.2) is 19.1 Å². The molecule has 0 heterocycles.